The molecule has 3 heteroatoms. The van der Waals surface area contributed by atoms with Crippen molar-refractivity contribution in [2.24, 2.45) is 5.92 Å². The van der Waals surface area contributed by atoms with Crippen LogP contribution in [-0.2, 0) is 0 Å². The Morgan fingerprint density at radius 3 is 2.90 bits per heavy atom. The summed E-state index contributed by atoms with van der Waals surface area (Å²) in [5, 5.41) is 3.45. The minimum atomic E-state index is -0.0780. The summed E-state index contributed by atoms with van der Waals surface area (Å²) >= 11 is 0. The third kappa shape index (κ3) is 4.44. The van der Waals surface area contributed by atoms with Crippen molar-refractivity contribution in [3.63, 3.8) is 0 Å². The van der Waals surface area contributed by atoms with Crippen molar-refractivity contribution in [2.75, 3.05) is 24.5 Å². The lowest BCUT2D eigenvalue weighted by Gasteiger charge is -2.33. The Balaban J connectivity index is 2.02. The van der Waals surface area contributed by atoms with Gasteiger partial charge in [-0.25, -0.2) is 4.39 Å². The first-order valence-electron chi connectivity index (χ1n) is 8.39. The number of halogens is 1. The molecule has 1 fully saturated rings. The highest BCUT2D eigenvalue weighted by molar-refractivity contribution is 5.50. The van der Waals surface area contributed by atoms with Crippen molar-refractivity contribution < 1.29 is 4.39 Å². The van der Waals surface area contributed by atoms with E-state index in [2.05, 4.69) is 37.1 Å². The maximum Gasteiger partial charge on any atom is 0.146 e. The summed E-state index contributed by atoms with van der Waals surface area (Å²) in [6.07, 6.45) is 4.77. The molecule has 0 saturated carbocycles. The predicted octanol–water partition coefficient (Wildman–Crippen LogP) is 4.51. The second kappa shape index (κ2) is 7.79. The highest BCUT2D eigenvalue weighted by atomic mass is 19.1. The SMILES string of the molecule is CCCCN[C@@H](C)c1ccc(N2CCC[C@@H](C)C2)c(F)c1. The molecule has 1 heterocycles. The van der Waals surface area contributed by atoms with Crippen molar-refractivity contribution >= 4 is 5.69 Å². The largest absolute Gasteiger partial charge is 0.369 e. The second-order valence-corrected chi connectivity index (χ2v) is 6.43. The average Bonchev–Trinajstić information content (AvgIpc) is 2.47. The summed E-state index contributed by atoms with van der Waals surface area (Å²) in [5.74, 6) is 0.582. The summed E-state index contributed by atoms with van der Waals surface area (Å²) in [7, 11) is 0. The summed E-state index contributed by atoms with van der Waals surface area (Å²) in [4.78, 5) is 2.20. The van der Waals surface area contributed by atoms with Crippen LogP contribution in [-0.4, -0.2) is 19.6 Å². The first-order chi connectivity index (χ1) is 10.1. The molecule has 118 valence electrons. The summed E-state index contributed by atoms with van der Waals surface area (Å²) in [5.41, 5.74) is 1.81. The van der Waals surface area contributed by atoms with Gasteiger partial charge >= 0.3 is 0 Å². The predicted molar refractivity (Wildman–Crippen MR) is 88.3 cm³/mol. The van der Waals surface area contributed by atoms with E-state index in [1.165, 1.54) is 12.8 Å². The van der Waals surface area contributed by atoms with E-state index in [1.807, 2.05) is 6.07 Å². The molecule has 0 radical (unpaired) electrons. The number of piperidine rings is 1. The van der Waals surface area contributed by atoms with E-state index < -0.39 is 0 Å². The summed E-state index contributed by atoms with van der Waals surface area (Å²) in [6, 6.07) is 5.95. The topological polar surface area (TPSA) is 15.3 Å². The molecule has 0 aromatic heterocycles. The van der Waals surface area contributed by atoms with Gasteiger partial charge in [0.15, 0.2) is 0 Å². The number of unbranched alkanes of at least 4 members (excludes halogenated alkanes) is 1. The van der Waals surface area contributed by atoms with E-state index in [0.29, 0.717) is 5.92 Å². The average molecular weight is 292 g/mol. The van der Waals surface area contributed by atoms with Crippen LogP contribution in [0.25, 0.3) is 0 Å². The number of benzene rings is 1. The highest BCUT2D eigenvalue weighted by Gasteiger charge is 2.19. The monoisotopic (exact) mass is 292 g/mol. The van der Waals surface area contributed by atoms with Crippen LogP contribution in [0.4, 0.5) is 10.1 Å². The number of nitrogens with zero attached hydrogens (tertiary/aromatic N) is 1. The number of rotatable bonds is 6. The van der Waals surface area contributed by atoms with Gasteiger partial charge in [-0.05, 0) is 56.3 Å². The first-order valence-corrected chi connectivity index (χ1v) is 8.39. The Morgan fingerprint density at radius 1 is 1.43 bits per heavy atom. The van der Waals surface area contributed by atoms with Crippen molar-refractivity contribution in [3.8, 4) is 0 Å². The van der Waals surface area contributed by atoms with Gasteiger partial charge in [0.1, 0.15) is 5.82 Å². The van der Waals surface area contributed by atoms with Gasteiger partial charge in [0.25, 0.3) is 0 Å². The fraction of sp³-hybridized carbons (Fsp3) is 0.667. The molecule has 0 aliphatic carbocycles. The number of nitrogens with one attached hydrogen (secondary N) is 1. The molecule has 2 nitrogen and oxygen atoms in total. The summed E-state index contributed by atoms with van der Waals surface area (Å²) < 4.78 is 14.4. The van der Waals surface area contributed by atoms with E-state index >= 15 is 0 Å². The molecule has 0 bridgehead atoms. The lowest BCUT2D eigenvalue weighted by atomic mass is 9.99. The fourth-order valence-corrected chi connectivity index (χ4v) is 3.07. The van der Waals surface area contributed by atoms with Crippen LogP contribution in [0.15, 0.2) is 18.2 Å². The molecule has 1 aromatic rings. The molecule has 1 saturated heterocycles. The molecule has 0 unspecified atom stereocenters. The highest BCUT2D eigenvalue weighted by Crippen LogP contribution is 2.27. The van der Waals surface area contributed by atoms with Crippen LogP contribution < -0.4 is 10.2 Å². The van der Waals surface area contributed by atoms with E-state index in [9.17, 15) is 4.39 Å². The van der Waals surface area contributed by atoms with Crippen LogP contribution in [0, 0.1) is 11.7 Å². The Labute approximate surface area is 128 Å². The first kappa shape index (κ1) is 16.3. The Kier molecular flexibility index (Phi) is 6.04. The lowest BCUT2D eigenvalue weighted by Crippen LogP contribution is -2.34. The summed E-state index contributed by atoms with van der Waals surface area (Å²) in [6.45, 7) is 9.47. The molecule has 2 atom stereocenters. The van der Waals surface area contributed by atoms with E-state index in [1.54, 1.807) is 6.07 Å². The number of hydrogen-bond acceptors (Lipinski definition) is 2. The van der Waals surface area contributed by atoms with Gasteiger partial charge in [-0.2, -0.15) is 0 Å². The third-order valence-corrected chi connectivity index (χ3v) is 4.45. The molecule has 2 rings (SSSR count). The molecule has 1 aliphatic rings. The molecular weight excluding hydrogens is 263 g/mol. The van der Waals surface area contributed by atoms with Crippen LogP contribution in [0.2, 0.25) is 0 Å². The van der Waals surface area contributed by atoms with Gasteiger partial charge in [-0.1, -0.05) is 26.3 Å². The van der Waals surface area contributed by atoms with Crippen molar-refractivity contribution in [2.45, 2.75) is 52.5 Å². The van der Waals surface area contributed by atoms with Gasteiger partial charge in [0.2, 0.25) is 0 Å². The maximum atomic E-state index is 14.4. The van der Waals surface area contributed by atoms with Crippen molar-refractivity contribution in [1.29, 1.82) is 0 Å². The molecule has 1 aliphatic heterocycles. The maximum absolute atomic E-state index is 14.4. The normalized spacial score (nSPS) is 20.6. The Morgan fingerprint density at radius 2 is 2.24 bits per heavy atom. The van der Waals surface area contributed by atoms with E-state index in [-0.39, 0.29) is 11.9 Å². The smallest absolute Gasteiger partial charge is 0.146 e. The fourth-order valence-electron chi connectivity index (χ4n) is 3.07. The number of hydrogen-bond donors (Lipinski definition) is 1. The van der Waals surface area contributed by atoms with Gasteiger partial charge in [-0.15, -0.1) is 0 Å². The molecule has 21 heavy (non-hydrogen) atoms. The quantitative estimate of drug-likeness (QED) is 0.776. The van der Waals surface area contributed by atoms with Crippen molar-refractivity contribution in [3.05, 3.63) is 29.6 Å². The van der Waals surface area contributed by atoms with Crippen LogP contribution >= 0.6 is 0 Å². The molecule has 1 aromatic carbocycles. The Hall–Kier alpha value is -1.09. The van der Waals surface area contributed by atoms with Gasteiger partial charge in [0.05, 0.1) is 5.69 Å². The third-order valence-electron chi connectivity index (χ3n) is 4.45. The molecule has 0 spiro atoms. The van der Waals surface area contributed by atoms with E-state index in [4.69, 9.17) is 0 Å². The van der Waals surface area contributed by atoms with Gasteiger partial charge in [0, 0.05) is 19.1 Å². The molecular formula is C18H29FN2. The van der Waals surface area contributed by atoms with Crippen molar-refractivity contribution in [1.82, 2.24) is 5.32 Å². The Bertz CT molecular complexity index is 447. The number of anilines is 1. The second-order valence-electron chi connectivity index (χ2n) is 6.43. The molecule has 1 N–H and O–H groups in total. The minimum absolute atomic E-state index is 0.0780. The van der Waals surface area contributed by atoms with Crippen LogP contribution in [0.1, 0.15) is 58.1 Å². The standard InChI is InChI=1S/C18H29FN2/c1-4-5-10-20-15(3)16-8-9-18(17(19)12-16)21-11-6-7-14(2)13-21/h8-9,12,14-15,20H,4-7,10-11,13H2,1-3H3/t14-,15+/m1/s1. The zero-order valence-electron chi connectivity index (χ0n) is 13.7. The zero-order chi connectivity index (χ0) is 15.2. The minimum Gasteiger partial charge on any atom is -0.369 e. The van der Waals surface area contributed by atoms with Crippen LogP contribution in [0.3, 0.4) is 0 Å². The van der Waals surface area contributed by atoms with Gasteiger partial charge < -0.3 is 10.2 Å². The zero-order valence-corrected chi connectivity index (χ0v) is 13.7. The molecule has 0 amide bonds. The van der Waals surface area contributed by atoms with Crippen LogP contribution in [0.5, 0.6) is 0 Å². The lowest BCUT2D eigenvalue weighted by molar-refractivity contribution is 0.442. The van der Waals surface area contributed by atoms with E-state index in [0.717, 1.165) is 43.7 Å². The van der Waals surface area contributed by atoms with Gasteiger partial charge in [-0.3, -0.25) is 0 Å².